The highest BCUT2D eigenvalue weighted by atomic mass is 32.2. The van der Waals surface area contributed by atoms with Crippen LogP contribution in [0.15, 0.2) is 76.6 Å². The Balaban J connectivity index is 1.44. The number of ether oxygens (including phenoxy) is 1. The summed E-state index contributed by atoms with van der Waals surface area (Å²) < 4.78 is 47.5. The monoisotopic (exact) mass is 669 g/mol. The third kappa shape index (κ3) is 5.66. The van der Waals surface area contributed by atoms with Gasteiger partial charge in [0.05, 0.1) is 28.8 Å². The third-order valence-electron chi connectivity index (χ3n) is 7.76. The van der Waals surface area contributed by atoms with Crippen molar-refractivity contribution in [2.24, 2.45) is 5.92 Å². The molecule has 1 saturated heterocycles. The number of anilines is 2. The van der Waals surface area contributed by atoms with Gasteiger partial charge in [-0.25, -0.2) is 4.90 Å². The molecule has 46 heavy (non-hydrogen) atoms. The summed E-state index contributed by atoms with van der Waals surface area (Å²) in [5, 5.41) is 12.3. The zero-order valence-corrected chi connectivity index (χ0v) is 26.0. The molecule has 1 aromatic heterocycles. The fraction of sp³-hybridized carbons (Fsp3) is 0.250. The van der Waals surface area contributed by atoms with Gasteiger partial charge in [-0.3, -0.25) is 23.7 Å². The molecular formula is C32H26F3N3O6S2. The molecular weight excluding hydrogens is 643 g/mol. The Hall–Kier alpha value is -4.56. The van der Waals surface area contributed by atoms with E-state index in [1.54, 1.807) is 25.1 Å². The number of rotatable bonds is 7. The highest BCUT2D eigenvalue weighted by Crippen LogP contribution is 2.54. The second-order valence-corrected chi connectivity index (χ2v) is 12.9. The van der Waals surface area contributed by atoms with Gasteiger partial charge in [0.25, 0.3) is 0 Å². The Morgan fingerprint density at radius 1 is 1.02 bits per heavy atom. The van der Waals surface area contributed by atoms with E-state index in [1.165, 1.54) is 22.8 Å². The van der Waals surface area contributed by atoms with E-state index >= 15 is 0 Å². The van der Waals surface area contributed by atoms with Crippen LogP contribution in [0.2, 0.25) is 0 Å². The summed E-state index contributed by atoms with van der Waals surface area (Å²) in [6.45, 7) is 3.46. The van der Waals surface area contributed by atoms with Crippen LogP contribution in [0.3, 0.4) is 0 Å². The average molecular weight is 670 g/mol. The summed E-state index contributed by atoms with van der Waals surface area (Å²) in [6.07, 6.45) is -4.70. The number of aryl methyl sites for hydroxylation is 1. The largest absolute Gasteiger partial charge is 0.504 e. The van der Waals surface area contributed by atoms with Crippen LogP contribution in [-0.4, -0.2) is 39.3 Å². The molecule has 6 rings (SSSR count). The van der Waals surface area contributed by atoms with E-state index in [4.69, 9.17) is 4.74 Å². The molecule has 0 radical (unpaired) electrons. The van der Waals surface area contributed by atoms with Crippen LogP contribution in [0.5, 0.6) is 11.5 Å². The van der Waals surface area contributed by atoms with Gasteiger partial charge in [-0.15, -0.1) is 0 Å². The van der Waals surface area contributed by atoms with Gasteiger partial charge in [-0.1, -0.05) is 52.9 Å². The van der Waals surface area contributed by atoms with Crippen LogP contribution in [-0.2, 0) is 27.1 Å². The molecule has 2 N–H and O–H groups in total. The zero-order chi connectivity index (χ0) is 32.9. The molecule has 9 nitrogen and oxygen atoms in total. The van der Waals surface area contributed by atoms with Gasteiger partial charge in [0.15, 0.2) is 11.5 Å². The smallest absolute Gasteiger partial charge is 0.416 e. The fourth-order valence-corrected chi connectivity index (χ4v) is 8.44. The summed E-state index contributed by atoms with van der Waals surface area (Å²) >= 11 is 1.76. The van der Waals surface area contributed by atoms with Gasteiger partial charge in [0, 0.05) is 16.5 Å². The summed E-state index contributed by atoms with van der Waals surface area (Å²) in [7, 11) is 0. The van der Waals surface area contributed by atoms with Crippen molar-refractivity contribution in [3.05, 3.63) is 98.0 Å². The second kappa shape index (κ2) is 12.0. The number of phenolic OH excluding ortho intramolecular Hbond substituents is 1. The number of nitrogens with one attached hydrogen (secondary N) is 1. The highest BCUT2D eigenvalue weighted by Gasteiger charge is 2.57. The van der Waals surface area contributed by atoms with E-state index in [9.17, 15) is 37.5 Å². The van der Waals surface area contributed by atoms with E-state index in [0.29, 0.717) is 21.2 Å². The Morgan fingerprint density at radius 2 is 1.76 bits per heavy atom. The summed E-state index contributed by atoms with van der Waals surface area (Å²) in [6, 6.07) is 15.5. The quantitative estimate of drug-likeness (QED) is 0.240. The molecule has 0 spiro atoms. The van der Waals surface area contributed by atoms with Crippen LogP contribution in [0, 0.1) is 12.8 Å². The number of aromatic nitrogens is 1. The maximum absolute atomic E-state index is 14.1. The highest BCUT2D eigenvalue weighted by molar-refractivity contribution is 8.00. The van der Waals surface area contributed by atoms with Gasteiger partial charge in [-0.2, -0.15) is 13.2 Å². The van der Waals surface area contributed by atoms with Crippen LogP contribution >= 0.6 is 23.1 Å². The van der Waals surface area contributed by atoms with Crippen molar-refractivity contribution in [2.75, 3.05) is 16.8 Å². The zero-order valence-electron chi connectivity index (χ0n) is 24.3. The number of carbonyl (C=O) groups excluding carboxylic acids is 3. The Bertz CT molecular complexity index is 1920. The second-order valence-electron chi connectivity index (χ2n) is 10.8. The predicted octanol–water partition coefficient (Wildman–Crippen LogP) is 5.78. The molecule has 3 aromatic carbocycles. The number of halogens is 3. The number of phenols is 1. The van der Waals surface area contributed by atoms with Crippen LogP contribution in [0.25, 0.3) is 0 Å². The van der Waals surface area contributed by atoms with Gasteiger partial charge in [-0.05, 0) is 61.9 Å². The number of alkyl halides is 3. The average Bonchev–Trinajstić information content (AvgIpc) is 3.45. The molecule has 2 aliphatic rings. The SMILES string of the molecule is CCOc1cc([C@@H]2c3sc(=O)n(CC(=O)Nc4ccc(C)cc4)c3S[C@@H]3C(=O)N(c4cccc(C(F)(F)F)c4)C(=O)[C@H]23)ccc1O. The first kappa shape index (κ1) is 31.4. The molecule has 0 saturated carbocycles. The lowest BCUT2D eigenvalue weighted by atomic mass is 9.83. The molecule has 3 atom stereocenters. The number of thiazole rings is 1. The van der Waals surface area contributed by atoms with Crippen molar-refractivity contribution < 1.29 is 37.4 Å². The van der Waals surface area contributed by atoms with Crippen LogP contribution < -0.4 is 19.8 Å². The van der Waals surface area contributed by atoms with E-state index in [1.807, 2.05) is 19.1 Å². The van der Waals surface area contributed by atoms with Gasteiger partial charge >= 0.3 is 11.0 Å². The van der Waals surface area contributed by atoms with E-state index < -0.39 is 51.4 Å². The first-order chi connectivity index (χ1) is 21.9. The Labute approximate surface area is 268 Å². The Kier molecular flexibility index (Phi) is 8.19. The van der Waals surface area contributed by atoms with Gasteiger partial charge in [0.2, 0.25) is 17.7 Å². The minimum Gasteiger partial charge on any atom is -0.504 e. The van der Waals surface area contributed by atoms with Crippen LogP contribution in [0.1, 0.15) is 34.4 Å². The maximum Gasteiger partial charge on any atom is 0.416 e. The first-order valence-electron chi connectivity index (χ1n) is 14.1. The van der Waals surface area contributed by atoms with Crippen molar-refractivity contribution in [1.29, 1.82) is 0 Å². The molecule has 0 unspecified atom stereocenters. The standard InChI is InChI=1S/C32H26F3N3O6S2/c1-3-44-22-13-17(9-12-21(22)39)24-25-26(29(42)38(28(25)41)20-6-4-5-18(14-20)32(33,34)35)45-30-27(24)46-31(43)37(30)15-23(40)36-19-10-7-16(2)8-11-19/h4-14,24-26,39H,3,15H2,1-2H3,(H,36,40)/t24-,25+,26-/m0/s1. The number of thioether (sulfide) groups is 1. The molecule has 2 aliphatic heterocycles. The molecule has 3 heterocycles. The molecule has 0 bridgehead atoms. The molecule has 238 valence electrons. The molecule has 1 fully saturated rings. The summed E-state index contributed by atoms with van der Waals surface area (Å²) in [5.74, 6) is -4.02. The van der Waals surface area contributed by atoms with Crippen LogP contribution in [0.4, 0.5) is 24.5 Å². The third-order valence-corrected chi connectivity index (χ3v) is 10.4. The number of hydrogen-bond donors (Lipinski definition) is 2. The lowest BCUT2D eigenvalue weighted by Gasteiger charge is -2.31. The first-order valence-corrected chi connectivity index (χ1v) is 15.8. The van der Waals surface area contributed by atoms with Crippen molar-refractivity contribution in [2.45, 2.75) is 42.8 Å². The number of amides is 3. The Morgan fingerprint density at radius 3 is 2.46 bits per heavy atom. The lowest BCUT2D eigenvalue weighted by Crippen LogP contribution is -2.33. The topological polar surface area (TPSA) is 118 Å². The maximum atomic E-state index is 14.1. The molecule has 4 aromatic rings. The number of hydrogen-bond acceptors (Lipinski definition) is 8. The number of aromatic hydroxyl groups is 1. The molecule has 14 heteroatoms. The lowest BCUT2D eigenvalue weighted by molar-refractivity contribution is -0.137. The van der Waals surface area contributed by atoms with Crippen molar-refractivity contribution in [3.63, 3.8) is 0 Å². The van der Waals surface area contributed by atoms with Crippen molar-refractivity contribution in [3.8, 4) is 11.5 Å². The van der Waals surface area contributed by atoms with E-state index in [0.717, 1.165) is 51.8 Å². The fourth-order valence-electron chi connectivity index (χ4n) is 5.67. The minimum atomic E-state index is -4.70. The van der Waals surface area contributed by atoms with Crippen molar-refractivity contribution in [1.82, 2.24) is 4.57 Å². The number of imide groups is 1. The minimum absolute atomic E-state index is 0.118. The van der Waals surface area contributed by atoms with Gasteiger partial charge in [0.1, 0.15) is 11.8 Å². The van der Waals surface area contributed by atoms with E-state index in [-0.39, 0.29) is 30.3 Å². The number of carbonyl (C=O) groups is 3. The predicted molar refractivity (Wildman–Crippen MR) is 167 cm³/mol. The van der Waals surface area contributed by atoms with Crippen molar-refractivity contribution >= 4 is 52.2 Å². The molecule has 3 amide bonds. The summed E-state index contributed by atoms with van der Waals surface area (Å²) in [4.78, 5) is 55.1. The number of fused-ring (bicyclic) bond motifs is 2. The van der Waals surface area contributed by atoms with E-state index in [2.05, 4.69) is 5.32 Å². The normalized spacial score (nSPS) is 19.2. The van der Waals surface area contributed by atoms with Gasteiger partial charge < -0.3 is 15.2 Å². The molecule has 0 aliphatic carbocycles. The number of benzene rings is 3. The summed E-state index contributed by atoms with van der Waals surface area (Å²) in [5.41, 5.74) is 0.728. The number of nitrogens with zero attached hydrogens (tertiary/aromatic N) is 2.